The van der Waals surface area contributed by atoms with Crippen LogP contribution in [0.25, 0.3) is 10.9 Å². The van der Waals surface area contributed by atoms with Gasteiger partial charge in [-0.25, -0.2) is 4.79 Å². The third kappa shape index (κ3) is 5.46. The number of likely N-dealkylation sites (N-methyl/N-ethyl adjacent to an activating group) is 1. The maximum atomic E-state index is 13.7. The van der Waals surface area contributed by atoms with Crippen molar-refractivity contribution in [3.63, 3.8) is 0 Å². The Labute approximate surface area is 216 Å². The molecule has 3 aromatic rings. The number of esters is 1. The first-order valence-electron chi connectivity index (χ1n) is 12.5. The van der Waals surface area contributed by atoms with Crippen LogP contribution in [0.15, 0.2) is 53.3 Å². The zero-order valence-corrected chi connectivity index (χ0v) is 21.9. The molecule has 1 fully saturated rings. The fraction of sp³-hybridized carbons (Fsp3) is 0.393. The molecule has 0 atom stereocenters. The first-order valence-corrected chi connectivity index (χ1v) is 12.5. The van der Waals surface area contributed by atoms with Crippen molar-refractivity contribution in [3.8, 4) is 5.75 Å². The van der Waals surface area contributed by atoms with Gasteiger partial charge in [0.15, 0.2) is 0 Å². The van der Waals surface area contributed by atoms with Crippen molar-refractivity contribution < 1.29 is 19.1 Å². The van der Waals surface area contributed by atoms with Gasteiger partial charge < -0.3 is 28.7 Å². The summed E-state index contributed by atoms with van der Waals surface area (Å²) < 4.78 is 12.2. The fourth-order valence-electron chi connectivity index (χ4n) is 4.68. The van der Waals surface area contributed by atoms with Crippen LogP contribution in [0.2, 0.25) is 0 Å². The molecule has 1 saturated heterocycles. The summed E-state index contributed by atoms with van der Waals surface area (Å²) in [6.45, 7) is 4.90. The minimum absolute atomic E-state index is 0.0502. The van der Waals surface area contributed by atoms with E-state index in [1.54, 1.807) is 47.8 Å². The Morgan fingerprint density at radius 1 is 0.973 bits per heavy atom. The number of hydrogen-bond donors (Lipinski definition) is 0. The van der Waals surface area contributed by atoms with Gasteiger partial charge in [0.2, 0.25) is 0 Å². The highest BCUT2D eigenvalue weighted by atomic mass is 16.5. The van der Waals surface area contributed by atoms with Gasteiger partial charge in [-0.3, -0.25) is 9.59 Å². The van der Waals surface area contributed by atoms with Crippen LogP contribution in [0.3, 0.4) is 0 Å². The average molecular weight is 507 g/mol. The largest absolute Gasteiger partial charge is 0.497 e. The molecule has 9 nitrogen and oxygen atoms in total. The molecular formula is C28H34N4O5. The molecule has 1 aliphatic rings. The molecule has 1 aliphatic heterocycles. The van der Waals surface area contributed by atoms with Gasteiger partial charge in [0.05, 0.1) is 24.9 Å². The number of ether oxygens (including phenoxy) is 2. The number of aromatic nitrogens is 1. The molecule has 0 bridgehead atoms. The Kier molecular flexibility index (Phi) is 8.13. The van der Waals surface area contributed by atoms with E-state index in [4.69, 9.17) is 9.47 Å². The van der Waals surface area contributed by atoms with Crippen LogP contribution in [0.1, 0.15) is 27.6 Å². The normalized spacial score (nSPS) is 13.8. The lowest BCUT2D eigenvalue weighted by Gasteiger charge is -2.37. The smallest absolute Gasteiger partial charge is 0.345 e. The summed E-state index contributed by atoms with van der Waals surface area (Å²) in [5.74, 6) is 0.0144. The van der Waals surface area contributed by atoms with Gasteiger partial charge in [-0.05, 0) is 51.4 Å². The quantitative estimate of drug-likeness (QED) is 0.435. The zero-order chi connectivity index (χ0) is 26.5. The maximum absolute atomic E-state index is 13.7. The predicted octanol–water partition coefficient (Wildman–Crippen LogP) is 2.71. The van der Waals surface area contributed by atoms with E-state index in [0.717, 1.165) is 10.9 Å². The van der Waals surface area contributed by atoms with Gasteiger partial charge in [-0.1, -0.05) is 18.2 Å². The first kappa shape index (κ1) is 26.2. The van der Waals surface area contributed by atoms with Gasteiger partial charge in [-0.2, -0.15) is 0 Å². The number of fused-ring (bicyclic) bond motifs is 1. The topological polar surface area (TPSA) is 84.3 Å². The zero-order valence-electron chi connectivity index (χ0n) is 21.9. The second-order valence-electron chi connectivity index (χ2n) is 9.23. The Morgan fingerprint density at radius 3 is 2.27 bits per heavy atom. The number of nitrogens with zero attached hydrogens (tertiary/aromatic N) is 4. The van der Waals surface area contributed by atoms with Crippen molar-refractivity contribution in [1.82, 2.24) is 14.4 Å². The minimum Gasteiger partial charge on any atom is -0.497 e. The van der Waals surface area contributed by atoms with E-state index < -0.39 is 5.97 Å². The van der Waals surface area contributed by atoms with E-state index in [1.807, 2.05) is 48.2 Å². The lowest BCUT2D eigenvalue weighted by atomic mass is 10.1. The monoisotopic (exact) mass is 506 g/mol. The number of piperazine rings is 1. The van der Waals surface area contributed by atoms with Crippen LogP contribution in [-0.4, -0.2) is 86.8 Å². The fourth-order valence-corrected chi connectivity index (χ4v) is 4.68. The summed E-state index contributed by atoms with van der Waals surface area (Å²) in [5, 5.41) is 0.818. The summed E-state index contributed by atoms with van der Waals surface area (Å²) in [6, 6.07) is 14.7. The number of methoxy groups -OCH3 is 1. The number of amides is 1. The molecule has 196 valence electrons. The summed E-state index contributed by atoms with van der Waals surface area (Å²) in [6.07, 6.45) is 0. The highest BCUT2D eigenvalue weighted by molar-refractivity contribution is 6.05. The number of carbonyl (C=O) groups is 2. The van der Waals surface area contributed by atoms with Crippen molar-refractivity contribution in [2.45, 2.75) is 13.5 Å². The Hall–Kier alpha value is -3.85. The molecule has 0 spiro atoms. The summed E-state index contributed by atoms with van der Waals surface area (Å²) in [7, 11) is 5.48. The minimum atomic E-state index is -0.622. The van der Waals surface area contributed by atoms with Gasteiger partial charge in [0, 0.05) is 50.2 Å². The van der Waals surface area contributed by atoms with Crippen LogP contribution in [0, 0.1) is 0 Å². The molecule has 0 saturated carbocycles. The summed E-state index contributed by atoms with van der Waals surface area (Å²) >= 11 is 0. The third-order valence-electron chi connectivity index (χ3n) is 6.62. The van der Waals surface area contributed by atoms with Gasteiger partial charge in [0.1, 0.15) is 11.3 Å². The Bertz CT molecular complexity index is 1320. The average Bonchev–Trinajstić information content (AvgIpc) is 2.91. The number of carbonyl (C=O) groups excluding carboxylic acids is 2. The van der Waals surface area contributed by atoms with E-state index in [0.29, 0.717) is 56.3 Å². The highest BCUT2D eigenvalue weighted by Crippen LogP contribution is 2.31. The van der Waals surface area contributed by atoms with Gasteiger partial charge >= 0.3 is 5.97 Å². The predicted molar refractivity (Wildman–Crippen MR) is 144 cm³/mol. The molecule has 4 rings (SSSR count). The molecule has 1 amide bonds. The molecule has 2 heterocycles. The van der Waals surface area contributed by atoms with Crippen molar-refractivity contribution in [1.29, 1.82) is 0 Å². The molecule has 9 heteroatoms. The van der Waals surface area contributed by atoms with Crippen LogP contribution >= 0.6 is 0 Å². The lowest BCUT2D eigenvalue weighted by molar-refractivity contribution is 0.0523. The Morgan fingerprint density at radius 2 is 1.65 bits per heavy atom. The van der Waals surface area contributed by atoms with Gasteiger partial charge in [0.25, 0.3) is 11.5 Å². The number of hydrogen-bond acceptors (Lipinski definition) is 7. The summed E-state index contributed by atoms with van der Waals surface area (Å²) in [4.78, 5) is 45.8. The van der Waals surface area contributed by atoms with E-state index in [1.165, 1.54) is 0 Å². The van der Waals surface area contributed by atoms with Crippen molar-refractivity contribution in [3.05, 3.63) is 70.0 Å². The van der Waals surface area contributed by atoms with Crippen molar-refractivity contribution in [2.24, 2.45) is 0 Å². The number of rotatable bonds is 8. The second-order valence-corrected chi connectivity index (χ2v) is 9.23. The van der Waals surface area contributed by atoms with Crippen LogP contribution in [0.5, 0.6) is 5.75 Å². The first-order chi connectivity index (χ1) is 17.8. The van der Waals surface area contributed by atoms with E-state index in [9.17, 15) is 14.4 Å². The van der Waals surface area contributed by atoms with E-state index in [2.05, 4.69) is 0 Å². The van der Waals surface area contributed by atoms with Crippen LogP contribution in [0.4, 0.5) is 5.69 Å². The molecule has 0 aliphatic carbocycles. The molecule has 0 N–H and O–H groups in total. The molecular weight excluding hydrogens is 472 g/mol. The molecule has 1 aromatic heterocycles. The van der Waals surface area contributed by atoms with Gasteiger partial charge in [-0.15, -0.1) is 0 Å². The number of pyridine rings is 1. The van der Waals surface area contributed by atoms with Crippen LogP contribution in [-0.2, 0) is 11.3 Å². The summed E-state index contributed by atoms with van der Waals surface area (Å²) in [5.41, 5.74) is 1.64. The third-order valence-corrected chi connectivity index (χ3v) is 6.62. The lowest BCUT2D eigenvalue weighted by Crippen LogP contribution is -2.49. The van der Waals surface area contributed by atoms with E-state index in [-0.39, 0.29) is 23.6 Å². The standard InChI is InChI=1S/C28H34N4O5/c1-5-37-28(35)24-25(22-8-6-7-9-23(22)32(27(24)34)19-14-29(2)3)30-15-17-31(18-16-30)26(33)20-10-12-21(36-4)13-11-20/h6-13H,5,14-19H2,1-4H3. The number of anilines is 1. The van der Waals surface area contributed by atoms with Crippen molar-refractivity contribution in [2.75, 3.05) is 65.4 Å². The maximum Gasteiger partial charge on any atom is 0.345 e. The number of benzene rings is 2. The number of para-hydroxylation sites is 1. The molecule has 37 heavy (non-hydrogen) atoms. The SMILES string of the molecule is CCOC(=O)c1c(N2CCN(C(=O)c3ccc(OC)cc3)CC2)c2ccccc2n(CCN(C)C)c1=O. The highest BCUT2D eigenvalue weighted by Gasteiger charge is 2.30. The van der Waals surface area contributed by atoms with E-state index >= 15 is 0 Å². The van der Waals surface area contributed by atoms with Crippen LogP contribution < -0.4 is 15.2 Å². The molecule has 0 unspecified atom stereocenters. The van der Waals surface area contributed by atoms with Crippen molar-refractivity contribution >= 4 is 28.5 Å². The molecule has 2 aromatic carbocycles. The Balaban J connectivity index is 1.69. The molecule has 0 radical (unpaired) electrons. The second kappa shape index (κ2) is 11.5.